The number of aromatic nitrogens is 3. The second-order valence-electron chi connectivity index (χ2n) is 8.26. The standard InChI is InChI=1S/C25H25N5O2/c1-15-14-16(2)27-25(26-15)29-22-12-6-9-19(28-22)20-10-7-13-30(20)24(31)23-17(3)18-8-4-5-11-21(18)32-23/h4-6,8-9,11-12,14,20H,7,10,13H2,1-3H3,(H,26,27,28,29)/t20-/m1/s1. The van der Waals surface area contributed by atoms with Crippen molar-refractivity contribution in [3.63, 3.8) is 0 Å². The summed E-state index contributed by atoms with van der Waals surface area (Å²) < 4.78 is 5.94. The molecule has 0 saturated carbocycles. The van der Waals surface area contributed by atoms with Crippen molar-refractivity contribution in [2.75, 3.05) is 11.9 Å². The van der Waals surface area contributed by atoms with Crippen molar-refractivity contribution >= 4 is 28.6 Å². The summed E-state index contributed by atoms with van der Waals surface area (Å²) in [6, 6.07) is 15.4. The molecular formula is C25H25N5O2. The van der Waals surface area contributed by atoms with Gasteiger partial charge in [0, 0.05) is 28.9 Å². The molecule has 0 bridgehead atoms. The van der Waals surface area contributed by atoms with Crippen LogP contribution in [0.3, 0.4) is 0 Å². The van der Waals surface area contributed by atoms with Gasteiger partial charge in [0.25, 0.3) is 5.91 Å². The van der Waals surface area contributed by atoms with E-state index in [4.69, 9.17) is 9.40 Å². The van der Waals surface area contributed by atoms with E-state index in [2.05, 4.69) is 15.3 Å². The molecule has 1 aliphatic rings. The summed E-state index contributed by atoms with van der Waals surface area (Å²) in [4.78, 5) is 29.0. The van der Waals surface area contributed by atoms with Crippen molar-refractivity contribution in [1.82, 2.24) is 19.9 Å². The monoisotopic (exact) mass is 427 g/mol. The van der Waals surface area contributed by atoms with Crippen LogP contribution in [0.5, 0.6) is 0 Å². The lowest BCUT2D eigenvalue weighted by molar-refractivity contribution is 0.0702. The zero-order valence-corrected chi connectivity index (χ0v) is 18.4. The molecule has 7 heteroatoms. The van der Waals surface area contributed by atoms with Crippen LogP contribution in [-0.2, 0) is 0 Å². The summed E-state index contributed by atoms with van der Waals surface area (Å²) in [5.74, 6) is 1.51. The quantitative estimate of drug-likeness (QED) is 0.478. The maximum Gasteiger partial charge on any atom is 0.290 e. The zero-order chi connectivity index (χ0) is 22.2. The summed E-state index contributed by atoms with van der Waals surface area (Å²) in [6.45, 7) is 6.49. The molecule has 0 spiro atoms. The van der Waals surface area contributed by atoms with Crippen LogP contribution in [0.4, 0.5) is 11.8 Å². The van der Waals surface area contributed by atoms with Crippen molar-refractivity contribution < 1.29 is 9.21 Å². The van der Waals surface area contributed by atoms with Crippen LogP contribution in [0.1, 0.15) is 52.1 Å². The Hall–Kier alpha value is -3.74. The fraction of sp³-hybridized carbons (Fsp3) is 0.280. The van der Waals surface area contributed by atoms with Crippen LogP contribution in [0.25, 0.3) is 11.0 Å². The number of para-hydroxylation sites is 1. The summed E-state index contributed by atoms with van der Waals surface area (Å²) in [5.41, 5.74) is 4.25. The number of anilines is 2. The smallest absolute Gasteiger partial charge is 0.290 e. The van der Waals surface area contributed by atoms with E-state index < -0.39 is 0 Å². The van der Waals surface area contributed by atoms with Gasteiger partial charge in [-0.3, -0.25) is 4.79 Å². The summed E-state index contributed by atoms with van der Waals surface area (Å²) >= 11 is 0. The van der Waals surface area contributed by atoms with Gasteiger partial charge in [-0.15, -0.1) is 0 Å². The second-order valence-corrected chi connectivity index (χ2v) is 8.26. The highest BCUT2D eigenvalue weighted by Gasteiger charge is 2.34. The first-order valence-corrected chi connectivity index (χ1v) is 10.8. The highest BCUT2D eigenvalue weighted by Crippen LogP contribution is 2.35. The van der Waals surface area contributed by atoms with Gasteiger partial charge >= 0.3 is 0 Å². The Kier molecular flexibility index (Phi) is 5.09. The molecule has 1 saturated heterocycles. The highest BCUT2D eigenvalue weighted by molar-refractivity contribution is 5.99. The third-order valence-electron chi connectivity index (χ3n) is 5.89. The van der Waals surface area contributed by atoms with Crippen LogP contribution in [0.2, 0.25) is 0 Å². The number of hydrogen-bond donors (Lipinski definition) is 1. The van der Waals surface area contributed by atoms with E-state index in [0.29, 0.717) is 24.1 Å². The number of furan rings is 1. The fourth-order valence-electron chi connectivity index (χ4n) is 4.43. The van der Waals surface area contributed by atoms with Gasteiger partial charge in [-0.05, 0) is 57.9 Å². The molecular weight excluding hydrogens is 402 g/mol. The van der Waals surface area contributed by atoms with Gasteiger partial charge in [-0.1, -0.05) is 24.3 Å². The van der Waals surface area contributed by atoms with Gasteiger partial charge in [0.15, 0.2) is 5.76 Å². The molecule has 1 fully saturated rings. The fourth-order valence-corrected chi connectivity index (χ4v) is 4.43. The number of likely N-dealkylation sites (tertiary alicyclic amines) is 1. The molecule has 162 valence electrons. The van der Waals surface area contributed by atoms with Crippen LogP contribution in [0.15, 0.2) is 52.9 Å². The normalized spacial score (nSPS) is 16.0. The molecule has 32 heavy (non-hydrogen) atoms. The molecule has 1 aromatic carbocycles. The van der Waals surface area contributed by atoms with Crippen LogP contribution >= 0.6 is 0 Å². The molecule has 5 rings (SSSR count). The Morgan fingerprint density at radius 1 is 1.03 bits per heavy atom. The number of pyridine rings is 1. The third-order valence-corrected chi connectivity index (χ3v) is 5.89. The maximum absolute atomic E-state index is 13.4. The van der Waals surface area contributed by atoms with Gasteiger partial charge < -0.3 is 14.6 Å². The van der Waals surface area contributed by atoms with Gasteiger partial charge in [0.05, 0.1) is 11.7 Å². The molecule has 1 amide bonds. The lowest BCUT2D eigenvalue weighted by atomic mass is 10.1. The van der Waals surface area contributed by atoms with Gasteiger partial charge in [-0.25, -0.2) is 15.0 Å². The third kappa shape index (κ3) is 3.70. The van der Waals surface area contributed by atoms with E-state index in [-0.39, 0.29) is 11.9 Å². The average Bonchev–Trinajstić information content (AvgIpc) is 3.38. The Labute approximate surface area is 186 Å². The number of aryl methyl sites for hydroxylation is 3. The molecule has 0 radical (unpaired) electrons. The van der Waals surface area contributed by atoms with Gasteiger partial charge in [0.2, 0.25) is 5.95 Å². The molecule has 0 unspecified atom stereocenters. The Morgan fingerprint density at radius 3 is 2.59 bits per heavy atom. The van der Waals surface area contributed by atoms with Crippen LogP contribution in [0, 0.1) is 20.8 Å². The number of hydrogen-bond acceptors (Lipinski definition) is 6. The number of nitrogens with one attached hydrogen (secondary N) is 1. The predicted molar refractivity (Wildman–Crippen MR) is 123 cm³/mol. The van der Waals surface area contributed by atoms with E-state index in [0.717, 1.165) is 46.5 Å². The van der Waals surface area contributed by atoms with E-state index in [9.17, 15) is 4.79 Å². The first-order valence-electron chi connectivity index (χ1n) is 10.8. The zero-order valence-electron chi connectivity index (χ0n) is 18.4. The Bertz CT molecular complexity index is 1290. The van der Waals surface area contributed by atoms with Crippen molar-refractivity contribution in [1.29, 1.82) is 0 Å². The van der Waals surface area contributed by atoms with Crippen molar-refractivity contribution in [2.24, 2.45) is 0 Å². The molecule has 7 nitrogen and oxygen atoms in total. The van der Waals surface area contributed by atoms with Gasteiger partial charge in [-0.2, -0.15) is 0 Å². The predicted octanol–water partition coefficient (Wildman–Crippen LogP) is 5.26. The van der Waals surface area contributed by atoms with Crippen LogP contribution in [-0.4, -0.2) is 32.3 Å². The molecule has 1 aliphatic heterocycles. The SMILES string of the molecule is Cc1cc(C)nc(Nc2cccc([C@H]3CCCN3C(=O)c3oc4ccccc4c3C)n2)n1. The molecule has 1 N–H and O–H groups in total. The number of rotatable bonds is 4. The lowest BCUT2D eigenvalue weighted by Gasteiger charge is -2.24. The summed E-state index contributed by atoms with van der Waals surface area (Å²) in [6.07, 6.45) is 1.79. The van der Waals surface area contributed by atoms with E-state index >= 15 is 0 Å². The van der Waals surface area contributed by atoms with Crippen molar-refractivity contribution in [3.8, 4) is 0 Å². The van der Waals surface area contributed by atoms with Crippen molar-refractivity contribution in [3.05, 3.63) is 76.9 Å². The summed E-state index contributed by atoms with van der Waals surface area (Å²) in [5, 5.41) is 4.17. The topological polar surface area (TPSA) is 84.2 Å². The van der Waals surface area contributed by atoms with Crippen molar-refractivity contribution in [2.45, 2.75) is 39.7 Å². The second kappa shape index (κ2) is 8.07. The minimum absolute atomic E-state index is 0.0843. The average molecular weight is 428 g/mol. The maximum atomic E-state index is 13.4. The minimum atomic E-state index is -0.1000. The molecule has 4 heterocycles. The molecule has 1 atom stereocenters. The molecule has 0 aliphatic carbocycles. The molecule has 4 aromatic rings. The number of carbonyl (C=O) groups is 1. The number of nitrogens with zero attached hydrogens (tertiary/aromatic N) is 4. The number of carbonyl (C=O) groups excluding carboxylic acids is 1. The highest BCUT2D eigenvalue weighted by atomic mass is 16.3. The first-order chi connectivity index (χ1) is 15.5. The van der Waals surface area contributed by atoms with E-state index in [1.54, 1.807) is 0 Å². The Morgan fingerprint density at radius 2 is 1.81 bits per heavy atom. The molecule has 3 aromatic heterocycles. The summed E-state index contributed by atoms with van der Waals surface area (Å²) in [7, 11) is 0. The van der Waals surface area contributed by atoms with Gasteiger partial charge in [0.1, 0.15) is 11.4 Å². The van der Waals surface area contributed by atoms with E-state index in [1.807, 2.05) is 74.2 Å². The largest absolute Gasteiger partial charge is 0.451 e. The number of benzene rings is 1. The van der Waals surface area contributed by atoms with Crippen LogP contribution < -0.4 is 5.32 Å². The minimum Gasteiger partial charge on any atom is -0.451 e. The lowest BCUT2D eigenvalue weighted by Crippen LogP contribution is -2.31. The first kappa shape index (κ1) is 20.2. The number of fused-ring (bicyclic) bond motifs is 1. The van der Waals surface area contributed by atoms with E-state index in [1.165, 1.54) is 0 Å². The Balaban J connectivity index is 1.42. The number of amides is 1.